The Bertz CT molecular complexity index is 436. The van der Waals surface area contributed by atoms with Crippen LogP contribution in [0.3, 0.4) is 0 Å². The van der Waals surface area contributed by atoms with Crippen LogP contribution >= 0.6 is 12.4 Å². The molecule has 0 aromatic heterocycles. The maximum absolute atomic E-state index is 12.8. The van der Waals surface area contributed by atoms with Crippen molar-refractivity contribution in [1.29, 1.82) is 0 Å². The summed E-state index contributed by atoms with van der Waals surface area (Å²) in [5, 5.41) is 6.57. The quantitative estimate of drug-likeness (QED) is 0.813. The van der Waals surface area contributed by atoms with Crippen molar-refractivity contribution < 1.29 is 9.59 Å². The van der Waals surface area contributed by atoms with Crippen LogP contribution in [0.15, 0.2) is 0 Å². The van der Waals surface area contributed by atoms with Gasteiger partial charge in [-0.3, -0.25) is 9.59 Å². The number of piperidine rings is 1. The first-order chi connectivity index (χ1) is 11.0. The first-order valence-electron chi connectivity index (χ1n) is 9.40. The van der Waals surface area contributed by atoms with Crippen LogP contribution in [0.1, 0.15) is 58.8 Å². The number of amides is 2. The third kappa shape index (κ3) is 4.42. The molecule has 6 heteroatoms. The average molecular weight is 358 g/mol. The van der Waals surface area contributed by atoms with Gasteiger partial charge in [0, 0.05) is 31.1 Å². The molecule has 3 rings (SSSR count). The number of carbonyl (C=O) groups is 2. The number of likely N-dealkylation sites (tertiary alicyclic amines) is 1. The summed E-state index contributed by atoms with van der Waals surface area (Å²) < 4.78 is 0. The van der Waals surface area contributed by atoms with Gasteiger partial charge in [0.1, 0.15) is 0 Å². The van der Waals surface area contributed by atoms with E-state index in [2.05, 4.69) is 10.6 Å². The molecule has 0 spiro atoms. The maximum atomic E-state index is 12.8. The Morgan fingerprint density at radius 2 is 1.75 bits per heavy atom. The van der Waals surface area contributed by atoms with Crippen LogP contribution in [-0.2, 0) is 9.59 Å². The zero-order valence-electron chi connectivity index (χ0n) is 14.9. The maximum Gasteiger partial charge on any atom is 0.239 e. The predicted molar refractivity (Wildman–Crippen MR) is 97.1 cm³/mol. The van der Waals surface area contributed by atoms with Gasteiger partial charge in [-0.15, -0.1) is 12.4 Å². The van der Waals surface area contributed by atoms with Crippen LogP contribution in [0.5, 0.6) is 0 Å². The van der Waals surface area contributed by atoms with Gasteiger partial charge in [-0.05, 0) is 51.9 Å². The molecule has 0 aromatic carbocycles. The third-order valence-corrected chi connectivity index (χ3v) is 5.77. The largest absolute Gasteiger partial charge is 0.354 e. The average Bonchev–Trinajstić information content (AvgIpc) is 2.97. The molecule has 138 valence electrons. The molecule has 3 fully saturated rings. The van der Waals surface area contributed by atoms with E-state index in [1.165, 1.54) is 25.7 Å². The zero-order valence-corrected chi connectivity index (χ0v) is 15.7. The second-order valence-electron chi connectivity index (χ2n) is 7.87. The Labute approximate surface area is 151 Å². The Morgan fingerprint density at radius 1 is 1.08 bits per heavy atom. The van der Waals surface area contributed by atoms with Crippen molar-refractivity contribution >= 4 is 24.2 Å². The van der Waals surface area contributed by atoms with Crippen LogP contribution in [0.2, 0.25) is 0 Å². The minimum Gasteiger partial charge on any atom is -0.354 e. The number of halogens is 1. The summed E-state index contributed by atoms with van der Waals surface area (Å²) in [4.78, 5) is 26.8. The summed E-state index contributed by atoms with van der Waals surface area (Å²) in [7, 11) is 0. The Balaban J connectivity index is 0.00000208. The summed E-state index contributed by atoms with van der Waals surface area (Å²) in [6.45, 7) is 5.43. The van der Waals surface area contributed by atoms with E-state index in [1.54, 1.807) is 0 Å². The molecule has 3 atom stereocenters. The van der Waals surface area contributed by atoms with Gasteiger partial charge in [0.15, 0.2) is 0 Å². The molecule has 2 amide bonds. The third-order valence-electron chi connectivity index (χ3n) is 5.77. The molecule has 5 nitrogen and oxygen atoms in total. The highest BCUT2D eigenvalue weighted by molar-refractivity contribution is 5.85. The fourth-order valence-corrected chi connectivity index (χ4v) is 4.50. The lowest BCUT2D eigenvalue weighted by atomic mass is 9.85. The van der Waals surface area contributed by atoms with Crippen molar-refractivity contribution in [2.24, 2.45) is 11.8 Å². The minimum absolute atomic E-state index is 0. The molecule has 3 unspecified atom stereocenters. The number of hydrogen-bond acceptors (Lipinski definition) is 3. The van der Waals surface area contributed by atoms with Gasteiger partial charge in [-0.2, -0.15) is 0 Å². The second-order valence-corrected chi connectivity index (χ2v) is 7.87. The van der Waals surface area contributed by atoms with Gasteiger partial charge in [0.2, 0.25) is 11.8 Å². The van der Waals surface area contributed by atoms with Gasteiger partial charge in [0.05, 0.1) is 6.04 Å². The Morgan fingerprint density at radius 3 is 2.38 bits per heavy atom. The van der Waals surface area contributed by atoms with Crippen molar-refractivity contribution in [1.82, 2.24) is 15.5 Å². The molecule has 0 radical (unpaired) electrons. The molecule has 3 aliphatic rings. The standard InChI is InChI=1S/C18H31N3O2.ClH/c1-12(2)19-17(22)13-7-9-21(10-8-13)18(23)16-11-14-5-3-4-6-15(14)20-16;/h12-16,20H,3-11H2,1-2H3,(H,19,22);1H. The van der Waals surface area contributed by atoms with Gasteiger partial charge in [0.25, 0.3) is 0 Å². The normalized spacial score (nSPS) is 30.6. The van der Waals surface area contributed by atoms with Gasteiger partial charge in [-0.25, -0.2) is 0 Å². The number of carbonyl (C=O) groups excluding carboxylic acids is 2. The van der Waals surface area contributed by atoms with Crippen molar-refractivity contribution in [3.63, 3.8) is 0 Å². The van der Waals surface area contributed by atoms with Crippen LogP contribution in [0.4, 0.5) is 0 Å². The number of nitrogens with zero attached hydrogens (tertiary/aromatic N) is 1. The lowest BCUT2D eigenvalue weighted by Gasteiger charge is -2.33. The van der Waals surface area contributed by atoms with Gasteiger partial charge in [-0.1, -0.05) is 12.8 Å². The molecule has 2 heterocycles. The monoisotopic (exact) mass is 357 g/mol. The molecule has 1 aliphatic carbocycles. The molecule has 2 aliphatic heterocycles. The van der Waals surface area contributed by atoms with Crippen LogP contribution in [0.25, 0.3) is 0 Å². The Hall–Kier alpha value is -0.810. The van der Waals surface area contributed by atoms with Crippen molar-refractivity contribution in [2.45, 2.75) is 76.9 Å². The lowest BCUT2D eigenvalue weighted by molar-refractivity contribution is -0.137. The molecular weight excluding hydrogens is 326 g/mol. The van der Waals surface area contributed by atoms with Crippen molar-refractivity contribution in [3.05, 3.63) is 0 Å². The number of nitrogens with one attached hydrogen (secondary N) is 2. The highest BCUT2D eigenvalue weighted by atomic mass is 35.5. The van der Waals surface area contributed by atoms with Crippen LogP contribution < -0.4 is 10.6 Å². The summed E-state index contributed by atoms with van der Waals surface area (Å²) in [6, 6.07) is 0.768. The summed E-state index contributed by atoms with van der Waals surface area (Å²) in [5.41, 5.74) is 0. The van der Waals surface area contributed by atoms with Crippen LogP contribution in [0, 0.1) is 11.8 Å². The summed E-state index contributed by atoms with van der Waals surface area (Å²) in [5.74, 6) is 1.19. The number of rotatable bonds is 3. The van der Waals surface area contributed by atoms with Crippen molar-refractivity contribution in [2.75, 3.05) is 13.1 Å². The molecule has 2 saturated heterocycles. The smallest absolute Gasteiger partial charge is 0.239 e. The fraction of sp³-hybridized carbons (Fsp3) is 0.889. The van der Waals surface area contributed by atoms with Crippen molar-refractivity contribution in [3.8, 4) is 0 Å². The SMILES string of the molecule is CC(C)NC(=O)C1CCN(C(=O)C2CC3CCCCC3N2)CC1.Cl. The molecule has 1 saturated carbocycles. The lowest BCUT2D eigenvalue weighted by Crippen LogP contribution is -2.50. The molecular formula is C18H32ClN3O2. The number of hydrogen-bond donors (Lipinski definition) is 2. The van der Waals surface area contributed by atoms with E-state index >= 15 is 0 Å². The first kappa shape index (κ1) is 19.5. The fourth-order valence-electron chi connectivity index (χ4n) is 4.50. The van der Waals surface area contributed by atoms with E-state index in [1.807, 2.05) is 18.7 Å². The van der Waals surface area contributed by atoms with E-state index in [9.17, 15) is 9.59 Å². The summed E-state index contributed by atoms with van der Waals surface area (Å²) >= 11 is 0. The Kier molecular flexibility index (Phi) is 6.93. The van der Waals surface area contributed by atoms with E-state index < -0.39 is 0 Å². The first-order valence-corrected chi connectivity index (χ1v) is 9.40. The zero-order chi connectivity index (χ0) is 16.4. The number of fused-ring (bicyclic) bond motifs is 1. The minimum atomic E-state index is 0. The summed E-state index contributed by atoms with van der Waals surface area (Å²) in [6.07, 6.45) is 7.72. The van der Waals surface area contributed by atoms with Crippen LogP contribution in [-0.4, -0.2) is 47.9 Å². The van der Waals surface area contributed by atoms with E-state index in [-0.39, 0.29) is 42.2 Å². The van der Waals surface area contributed by atoms with Gasteiger partial charge < -0.3 is 15.5 Å². The topological polar surface area (TPSA) is 61.4 Å². The highest BCUT2D eigenvalue weighted by Gasteiger charge is 2.40. The highest BCUT2D eigenvalue weighted by Crippen LogP contribution is 2.34. The molecule has 2 N–H and O–H groups in total. The van der Waals surface area contributed by atoms with Gasteiger partial charge >= 0.3 is 0 Å². The molecule has 0 bridgehead atoms. The van der Waals surface area contributed by atoms with E-state index in [4.69, 9.17) is 0 Å². The van der Waals surface area contributed by atoms with E-state index in [0.717, 1.165) is 32.4 Å². The van der Waals surface area contributed by atoms with E-state index in [0.29, 0.717) is 12.0 Å². The predicted octanol–water partition coefficient (Wildman–Crippen LogP) is 2.09. The second kappa shape index (κ2) is 8.52. The molecule has 24 heavy (non-hydrogen) atoms. The molecule has 0 aromatic rings.